The van der Waals surface area contributed by atoms with Crippen LogP contribution in [-0.4, -0.2) is 4.92 Å². The first-order valence-corrected chi connectivity index (χ1v) is 5.49. The summed E-state index contributed by atoms with van der Waals surface area (Å²) in [7, 11) is 0. The molecular formula is C13H10F2N2O2. The van der Waals surface area contributed by atoms with E-state index in [4.69, 9.17) is 0 Å². The van der Waals surface area contributed by atoms with Gasteiger partial charge in [0.15, 0.2) is 0 Å². The molecule has 98 valence electrons. The van der Waals surface area contributed by atoms with E-state index >= 15 is 0 Å². The van der Waals surface area contributed by atoms with Crippen LogP contribution in [-0.2, 0) is 6.54 Å². The summed E-state index contributed by atoms with van der Waals surface area (Å²) in [5, 5.41) is 13.5. The molecule has 1 N–H and O–H groups in total. The Bertz CT molecular complexity index is 617. The number of rotatable bonds is 4. The van der Waals surface area contributed by atoms with Crippen molar-refractivity contribution < 1.29 is 13.7 Å². The van der Waals surface area contributed by atoms with E-state index in [2.05, 4.69) is 5.32 Å². The molecule has 19 heavy (non-hydrogen) atoms. The quantitative estimate of drug-likeness (QED) is 0.679. The van der Waals surface area contributed by atoms with Crippen LogP contribution in [0, 0.1) is 21.7 Å². The molecule has 0 aromatic heterocycles. The van der Waals surface area contributed by atoms with Crippen molar-refractivity contribution in [3.8, 4) is 0 Å². The van der Waals surface area contributed by atoms with Gasteiger partial charge in [-0.25, -0.2) is 8.78 Å². The first-order valence-electron chi connectivity index (χ1n) is 5.49. The highest BCUT2D eigenvalue weighted by Gasteiger charge is 2.14. The summed E-state index contributed by atoms with van der Waals surface area (Å²) in [4.78, 5) is 10.1. The lowest BCUT2D eigenvalue weighted by molar-refractivity contribution is -0.384. The molecule has 0 heterocycles. The van der Waals surface area contributed by atoms with Gasteiger partial charge in [0, 0.05) is 12.1 Å². The van der Waals surface area contributed by atoms with E-state index in [0.29, 0.717) is 5.56 Å². The number of nitrogens with zero attached hydrogens (tertiary/aromatic N) is 1. The smallest absolute Gasteiger partial charge is 0.295 e. The molecular weight excluding hydrogens is 254 g/mol. The number of nitro benzene ring substituents is 1. The molecule has 0 atom stereocenters. The standard InChI is InChI=1S/C13H10F2N2O2/c14-10-5-6-12(13(7-10)17(18)19)16-8-9-3-1-2-4-11(9)15/h1-7,16H,8H2. The van der Waals surface area contributed by atoms with Crippen molar-refractivity contribution in [2.45, 2.75) is 6.54 Å². The average Bonchev–Trinajstić information content (AvgIpc) is 2.38. The van der Waals surface area contributed by atoms with Crippen LogP contribution in [0.1, 0.15) is 5.56 Å². The molecule has 0 aliphatic carbocycles. The summed E-state index contributed by atoms with van der Waals surface area (Å²) in [6.07, 6.45) is 0. The molecule has 0 spiro atoms. The van der Waals surface area contributed by atoms with Gasteiger partial charge in [-0.05, 0) is 18.2 Å². The van der Waals surface area contributed by atoms with Crippen molar-refractivity contribution >= 4 is 11.4 Å². The number of hydrogen-bond donors (Lipinski definition) is 1. The first-order chi connectivity index (χ1) is 9.08. The Labute approximate surface area is 107 Å². The summed E-state index contributed by atoms with van der Waals surface area (Å²) in [5.41, 5.74) is 0.145. The topological polar surface area (TPSA) is 55.2 Å². The number of benzene rings is 2. The van der Waals surface area contributed by atoms with Crippen molar-refractivity contribution in [1.82, 2.24) is 0 Å². The molecule has 0 unspecified atom stereocenters. The largest absolute Gasteiger partial charge is 0.375 e. The zero-order valence-corrected chi connectivity index (χ0v) is 9.77. The third-order valence-corrected chi connectivity index (χ3v) is 2.58. The van der Waals surface area contributed by atoms with Gasteiger partial charge in [0.1, 0.15) is 17.3 Å². The second-order valence-electron chi connectivity index (χ2n) is 3.86. The molecule has 0 saturated carbocycles. The van der Waals surface area contributed by atoms with Gasteiger partial charge in [0.05, 0.1) is 11.0 Å². The van der Waals surface area contributed by atoms with E-state index in [9.17, 15) is 18.9 Å². The maximum atomic E-state index is 13.4. The fourth-order valence-corrected chi connectivity index (χ4v) is 1.64. The maximum Gasteiger partial charge on any atom is 0.295 e. The molecule has 0 aliphatic heterocycles. The van der Waals surface area contributed by atoms with Crippen LogP contribution >= 0.6 is 0 Å². The summed E-state index contributed by atoms with van der Waals surface area (Å²) >= 11 is 0. The van der Waals surface area contributed by atoms with Gasteiger partial charge in [0.25, 0.3) is 5.69 Å². The summed E-state index contributed by atoms with van der Waals surface area (Å²) in [5.74, 6) is -1.09. The number of hydrogen-bond acceptors (Lipinski definition) is 3. The van der Waals surface area contributed by atoms with Gasteiger partial charge in [0.2, 0.25) is 0 Å². The SMILES string of the molecule is O=[N+]([O-])c1cc(F)ccc1NCc1ccccc1F. The minimum atomic E-state index is -0.692. The number of halogens is 2. The first kappa shape index (κ1) is 12.9. The molecule has 0 aliphatic rings. The number of nitrogens with one attached hydrogen (secondary N) is 1. The Balaban J connectivity index is 2.20. The minimum Gasteiger partial charge on any atom is -0.375 e. The molecule has 2 rings (SSSR count). The van der Waals surface area contributed by atoms with Gasteiger partial charge < -0.3 is 5.32 Å². The molecule has 0 amide bonds. The Kier molecular flexibility index (Phi) is 3.70. The average molecular weight is 264 g/mol. The van der Waals surface area contributed by atoms with Crippen LogP contribution in [0.15, 0.2) is 42.5 Å². The van der Waals surface area contributed by atoms with E-state index in [-0.39, 0.29) is 17.9 Å². The lowest BCUT2D eigenvalue weighted by Crippen LogP contribution is -2.04. The summed E-state index contributed by atoms with van der Waals surface area (Å²) < 4.78 is 26.3. The van der Waals surface area contributed by atoms with Crippen LogP contribution in [0.5, 0.6) is 0 Å². The highest BCUT2D eigenvalue weighted by atomic mass is 19.1. The van der Waals surface area contributed by atoms with E-state index in [1.165, 1.54) is 12.1 Å². The van der Waals surface area contributed by atoms with Crippen LogP contribution in [0.2, 0.25) is 0 Å². The third-order valence-electron chi connectivity index (χ3n) is 2.58. The molecule has 6 heteroatoms. The zero-order valence-electron chi connectivity index (χ0n) is 9.77. The van der Waals surface area contributed by atoms with E-state index in [1.807, 2.05) is 0 Å². The molecule has 0 saturated heterocycles. The van der Waals surface area contributed by atoms with Crippen molar-refractivity contribution in [2.24, 2.45) is 0 Å². The molecule has 0 fully saturated rings. The summed E-state index contributed by atoms with van der Waals surface area (Å²) in [6, 6.07) is 9.28. The van der Waals surface area contributed by atoms with Crippen LogP contribution in [0.25, 0.3) is 0 Å². The van der Waals surface area contributed by atoms with Crippen molar-refractivity contribution in [2.75, 3.05) is 5.32 Å². The Morgan fingerprint density at radius 2 is 1.89 bits per heavy atom. The Morgan fingerprint density at radius 3 is 2.58 bits per heavy atom. The molecule has 2 aromatic rings. The molecule has 0 bridgehead atoms. The molecule has 0 radical (unpaired) electrons. The van der Waals surface area contributed by atoms with Gasteiger partial charge in [-0.3, -0.25) is 10.1 Å². The second kappa shape index (κ2) is 5.43. The predicted molar refractivity (Wildman–Crippen MR) is 66.8 cm³/mol. The number of anilines is 1. The fraction of sp³-hybridized carbons (Fsp3) is 0.0769. The minimum absolute atomic E-state index is 0.0825. The second-order valence-corrected chi connectivity index (χ2v) is 3.86. The maximum absolute atomic E-state index is 13.4. The highest BCUT2D eigenvalue weighted by molar-refractivity contribution is 5.61. The summed E-state index contributed by atoms with van der Waals surface area (Å²) in [6.45, 7) is 0.0825. The van der Waals surface area contributed by atoms with Crippen molar-refractivity contribution in [3.63, 3.8) is 0 Å². The van der Waals surface area contributed by atoms with Crippen LogP contribution in [0.3, 0.4) is 0 Å². The van der Waals surface area contributed by atoms with Crippen molar-refractivity contribution in [3.05, 3.63) is 69.8 Å². The highest BCUT2D eigenvalue weighted by Crippen LogP contribution is 2.25. The predicted octanol–water partition coefficient (Wildman–Crippen LogP) is 3.49. The van der Waals surface area contributed by atoms with Crippen molar-refractivity contribution in [1.29, 1.82) is 0 Å². The lowest BCUT2D eigenvalue weighted by atomic mass is 10.2. The van der Waals surface area contributed by atoms with E-state index < -0.39 is 16.6 Å². The third kappa shape index (κ3) is 3.04. The Morgan fingerprint density at radius 1 is 1.16 bits per heavy atom. The number of nitro groups is 1. The zero-order chi connectivity index (χ0) is 13.8. The molecule has 4 nitrogen and oxygen atoms in total. The fourth-order valence-electron chi connectivity index (χ4n) is 1.64. The van der Waals surface area contributed by atoms with Gasteiger partial charge in [-0.1, -0.05) is 18.2 Å². The van der Waals surface area contributed by atoms with Gasteiger partial charge >= 0.3 is 0 Å². The van der Waals surface area contributed by atoms with Crippen LogP contribution in [0.4, 0.5) is 20.2 Å². The Hall–Kier alpha value is -2.50. The normalized spacial score (nSPS) is 10.2. The molecule has 2 aromatic carbocycles. The van der Waals surface area contributed by atoms with E-state index in [0.717, 1.165) is 12.1 Å². The monoisotopic (exact) mass is 264 g/mol. The van der Waals surface area contributed by atoms with Gasteiger partial charge in [-0.2, -0.15) is 0 Å². The lowest BCUT2D eigenvalue weighted by Gasteiger charge is -2.08. The van der Waals surface area contributed by atoms with E-state index in [1.54, 1.807) is 18.2 Å². The van der Waals surface area contributed by atoms with Gasteiger partial charge in [-0.15, -0.1) is 0 Å². The van der Waals surface area contributed by atoms with Crippen LogP contribution < -0.4 is 5.32 Å².